The molecule has 0 fully saturated rings. The highest BCUT2D eigenvalue weighted by Gasteiger charge is 2.11. The number of hydrogen-bond donors (Lipinski definition) is 0. The highest BCUT2D eigenvalue weighted by Crippen LogP contribution is 2.19. The Hall–Kier alpha value is -3.81. The summed E-state index contributed by atoms with van der Waals surface area (Å²) in [5, 5.41) is 12.3. The smallest absolute Gasteiger partial charge is 0.308 e. The van der Waals surface area contributed by atoms with Gasteiger partial charge in [-0.1, -0.05) is 52.8 Å². The molecule has 0 saturated heterocycles. The standard InChI is InChI=1S/C20H16N4O4/c25-19(10-11-24-20(26)16-8-4-5-9-17(16)21-23-24)27-13-15-12-18(22-28-15)14-6-2-1-3-7-14/h1-9,12H,10-11,13H2. The van der Waals surface area contributed by atoms with Crippen LogP contribution in [0.2, 0.25) is 0 Å². The van der Waals surface area contributed by atoms with Crippen LogP contribution in [-0.4, -0.2) is 26.1 Å². The van der Waals surface area contributed by atoms with E-state index < -0.39 is 5.97 Å². The number of carbonyl (C=O) groups is 1. The average Bonchev–Trinajstić information content (AvgIpc) is 3.22. The van der Waals surface area contributed by atoms with Gasteiger partial charge in [0.25, 0.3) is 5.56 Å². The summed E-state index contributed by atoms with van der Waals surface area (Å²) in [5.41, 5.74) is 1.81. The molecule has 4 aromatic rings. The lowest BCUT2D eigenvalue weighted by Gasteiger charge is -2.05. The van der Waals surface area contributed by atoms with Crippen LogP contribution in [-0.2, 0) is 22.7 Å². The van der Waals surface area contributed by atoms with Crippen LogP contribution in [0.3, 0.4) is 0 Å². The Morgan fingerprint density at radius 3 is 2.71 bits per heavy atom. The van der Waals surface area contributed by atoms with Crippen molar-refractivity contribution in [3.8, 4) is 11.3 Å². The molecule has 0 N–H and O–H groups in total. The first kappa shape index (κ1) is 17.6. The fourth-order valence-electron chi connectivity index (χ4n) is 2.72. The monoisotopic (exact) mass is 376 g/mol. The number of nitrogens with zero attached hydrogens (tertiary/aromatic N) is 4. The number of benzene rings is 2. The molecule has 0 aliphatic heterocycles. The zero-order valence-corrected chi connectivity index (χ0v) is 14.8. The van der Waals surface area contributed by atoms with E-state index in [0.717, 1.165) is 10.2 Å². The molecule has 140 valence electrons. The molecular weight excluding hydrogens is 360 g/mol. The number of carbonyl (C=O) groups excluding carboxylic acids is 1. The summed E-state index contributed by atoms with van der Waals surface area (Å²) in [7, 11) is 0. The van der Waals surface area contributed by atoms with Crippen LogP contribution in [0.1, 0.15) is 12.2 Å². The number of ether oxygens (including phenoxy) is 1. The van der Waals surface area contributed by atoms with E-state index >= 15 is 0 Å². The summed E-state index contributed by atoms with van der Waals surface area (Å²) in [6.45, 7) is 0.0537. The minimum atomic E-state index is -0.473. The zero-order chi connectivity index (χ0) is 19.3. The maximum atomic E-state index is 12.3. The third kappa shape index (κ3) is 3.80. The molecule has 0 aliphatic carbocycles. The Balaban J connectivity index is 1.34. The Morgan fingerprint density at radius 1 is 1.07 bits per heavy atom. The molecule has 8 heteroatoms. The molecule has 4 rings (SSSR count). The SMILES string of the molecule is O=C(CCn1nnc2ccccc2c1=O)OCc1cc(-c2ccccc2)no1. The van der Waals surface area contributed by atoms with E-state index in [0.29, 0.717) is 22.4 Å². The van der Waals surface area contributed by atoms with E-state index in [1.54, 1.807) is 30.3 Å². The number of aryl methyl sites for hydroxylation is 1. The molecule has 0 unspecified atom stereocenters. The van der Waals surface area contributed by atoms with E-state index in [1.165, 1.54) is 0 Å². The lowest BCUT2D eigenvalue weighted by atomic mass is 10.1. The van der Waals surface area contributed by atoms with Crippen LogP contribution in [0.25, 0.3) is 22.2 Å². The Bertz CT molecular complexity index is 1170. The van der Waals surface area contributed by atoms with Crippen LogP contribution in [0.5, 0.6) is 0 Å². The van der Waals surface area contributed by atoms with Crippen molar-refractivity contribution < 1.29 is 14.1 Å². The summed E-state index contributed by atoms with van der Waals surface area (Å²) in [6.07, 6.45) is -0.00733. The van der Waals surface area contributed by atoms with Crippen molar-refractivity contribution in [1.29, 1.82) is 0 Å². The molecule has 0 saturated carbocycles. The zero-order valence-electron chi connectivity index (χ0n) is 14.8. The van der Waals surface area contributed by atoms with Crippen LogP contribution < -0.4 is 5.56 Å². The highest BCUT2D eigenvalue weighted by molar-refractivity contribution is 5.76. The van der Waals surface area contributed by atoms with Crippen molar-refractivity contribution in [2.24, 2.45) is 0 Å². The summed E-state index contributed by atoms with van der Waals surface area (Å²) in [4.78, 5) is 24.3. The van der Waals surface area contributed by atoms with Gasteiger partial charge in [-0.25, -0.2) is 4.68 Å². The number of fused-ring (bicyclic) bond motifs is 1. The van der Waals surface area contributed by atoms with Gasteiger partial charge >= 0.3 is 5.97 Å². The second-order valence-corrected chi connectivity index (χ2v) is 6.09. The van der Waals surface area contributed by atoms with Gasteiger partial charge < -0.3 is 9.26 Å². The number of rotatable bonds is 6. The van der Waals surface area contributed by atoms with E-state index in [9.17, 15) is 9.59 Å². The van der Waals surface area contributed by atoms with E-state index in [-0.39, 0.29) is 25.1 Å². The van der Waals surface area contributed by atoms with Gasteiger partial charge in [-0.2, -0.15) is 0 Å². The van der Waals surface area contributed by atoms with Gasteiger partial charge in [-0.3, -0.25) is 9.59 Å². The molecule has 0 spiro atoms. The maximum Gasteiger partial charge on any atom is 0.308 e. The molecule has 2 heterocycles. The van der Waals surface area contributed by atoms with Crippen LogP contribution in [0.4, 0.5) is 0 Å². The van der Waals surface area contributed by atoms with Crippen LogP contribution in [0.15, 0.2) is 70.0 Å². The average molecular weight is 376 g/mol. The van der Waals surface area contributed by atoms with Gasteiger partial charge in [0.2, 0.25) is 0 Å². The van der Waals surface area contributed by atoms with Gasteiger partial charge in [0.15, 0.2) is 12.4 Å². The first-order valence-corrected chi connectivity index (χ1v) is 8.70. The molecule has 0 amide bonds. The van der Waals surface area contributed by atoms with Crippen molar-refractivity contribution in [2.75, 3.05) is 0 Å². The molecule has 0 radical (unpaired) electrons. The topological polar surface area (TPSA) is 100 Å². The first-order chi connectivity index (χ1) is 13.7. The van der Waals surface area contributed by atoms with Crippen molar-refractivity contribution in [3.05, 3.63) is 76.8 Å². The highest BCUT2D eigenvalue weighted by atomic mass is 16.5. The lowest BCUT2D eigenvalue weighted by Crippen LogP contribution is -2.25. The summed E-state index contributed by atoms with van der Waals surface area (Å²) in [5.74, 6) is -0.0330. The summed E-state index contributed by atoms with van der Waals surface area (Å²) < 4.78 is 11.5. The first-order valence-electron chi connectivity index (χ1n) is 8.70. The third-order valence-corrected chi connectivity index (χ3v) is 4.16. The second-order valence-electron chi connectivity index (χ2n) is 6.09. The lowest BCUT2D eigenvalue weighted by molar-refractivity contribution is -0.145. The van der Waals surface area contributed by atoms with Gasteiger partial charge in [-0.15, -0.1) is 5.10 Å². The van der Waals surface area contributed by atoms with Crippen molar-refractivity contribution >= 4 is 16.9 Å². The summed E-state index contributed by atoms with van der Waals surface area (Å²) in [6, 6.07) is 18.2. The Morgan fingerprint density at radius 2 is 1.86 bits per heavy atom. The number of hydrogen-bond acceptors (Lipinski definition) is 7. The van der Waals surface area contributed by atoms with Gasteiger partial charge in [0.1, 0.15) is 11.2 Å². The molecule has 0 bridgehead atoms. The van der Waals surface area contributed by atoms with Gasteiger partial charge in [0.05, 0.1) is 18.4 Å². The van der Waals surface area contributed by atoms with Crippen molar-refractivity contribution in [2.45, 2.75) is 19.6 Å². The van der Waals surface area contributed by atoms with Crippen LogP contribution >= 0.6 is 0 Å². The predicted octanol–water partition coefficient (Wildman–Crippen LogP) is 2.58. The minimum Gasteiger partial charge on any atom is -0.457 e. The van der Waals surface area contributed by atoms with E-state index in [1.807, 2.05) is 30.3 Å². The molecule has 2 aromatic heterocycles. The largest absolute Gasteiger partial charge is 0.457 e. The Labute approximate surface area is 159 Å². The second kappa shape index (κ2) is 7.83. The number of aromatic nitrogens is 4. The number of esters is 1. The molecule has 0 atom stereocenters. The fraction of sp³-hybridized carbons (Fsp3) is 0.150. The van der Waals surface area contributed by atoms with Gasteiger partial charge in [0, 0.05) is 11.6 Å². The van der Waals surface area contributed by atoms with Crippen LogP contribution in [0, 0.1) is 0 Å². The van der Waals surface area contributed by atoms with Crippen molar-refractivity contribution in [3.63, 3.8) is 0 Å². The minimum absolute atomic E-state index is 0.00733. The molecular formula is C20H16N4O4. The molecule has 0 aliphatic rings. The maximum absolute atomic E-state index is 12.3. The predicted molar refractivity (Wildman–Crippen MR) is 100 cm³/mol. The van der Waals surface area contributed by atoms with Gasteiger partial charge in [-0.05, 0) is 12.1 Å². The quantitative estimate of drug-likeness (QED) is 0.477. The Kier molecular flexibility index (Phi) is 4.92. The summed E-state index contributed by atoms with van der Waals surface area (Å²) >= 11 is 0. The van der Waals surface area contributed by atoms with E-state index in [4.69, 9.17) is 9.26 Å². The molecule has 2 aromatic carbocycles. The third-order valence-electron chi connectivity index (χ3n) is 4.16. The van der Waals surface area contributed by atoms with E-state index in [2.05, 4.69) is 15.5 Å². The fourth-order valence-corrected chi connectivity index (χ4v) is 2.72. The molecule has 8 nitrogen and oxygen atoms in total. The van der Waals surface area contributed by atoms with Crippen molar-refractivity contribution in [1.82, 2.24) is 20.2 Å². The molecule has 28 heavy (non-hydrogen) atoms. The normalized spacial score (nSPS) is 10.9.